The van der Waals surface area contributed by atoms with Crippen LogP contribution in [-0.4, -0.2) is 56.5 Å². The number of rotatable bonds is 5. The van der Waals surface area contributed by atoms with Crippen molar-refractivity contribution in [2.45, 2.75) is 44.4 Å². The molecule has 1 atom stereocenters. The minimum absolute atomic E-state index is 0.286. The Hall–Kier alpha value is -1.60. The summed E-state index contributed by atoms with van der Waals surface area (Å²) in [6.45, 7) is 7.87. The Kier molecular flexibility index (Phi) is 6.84. The predicted octanol–water partition coefficient (Wildman–Crippen LogP) is 3.05. The Morgan fingerprint density at radius 2 is 1.80 bits per heavy atom. The van der Waals surface area contributed by atoms with Gasteiger partial charge in [0.15, 0.2) is 0 Å². The van der Waals surface area contributed by atoms with Gasteiger partial charge in [-0.3, -0.25) is 0 Å². The van der Waals surface area contributed by atoms with Crippen LogP contribution in [0.4, 0.5) is 4.79 Å². The molecule has 1 heterocycles. The molecular weight excluding hydrogens is 340 g/mol. The lowest BCUT2D eigenvalue weighted by atomic mass is 9.99. The smallest absolute Gasteiger partial charge is 0.409 e. The second-order valence-electron chi connectivity index (χ2n) is 6.32. The van der Waals surface area contributed by atoms with Crippen LogP contribution >= 0.6 is 0 Å². The zero-order valence-corrected chi connectivity index (χ0v) is 16.1. The Bertz CT molecular complexity index is 673. The van der Waals surface area contributed by atoms with Gasteiger partial charge >= 0.3 is 6.09 Å². The molecule has 1 aromatic carbocycles. The van der Waals surface area contributed by atoms with Gasteiger partial charge in [0.25, 0.3) is 0 Å². The number of hydrogen-bond acceptors (Lipinski definition) is 4. The van der Waals surface area contributed by atoms with E-state index in [0.717, 1.165) is 12.0 Å². The van der Waals surface area contributed by atoms with Crippen molar-refractivity contribution in [1.29, 1.82) is 0 Å². The molecule has 140 valence electrons. The molecule has 1 fully saturated rings. The number of amides is 1. The molecule has 7 heteroatoms. The standard InChI is InChI=1S/C18H28N2O4S/c1-4-15(3)16-7-9-17(10-8-16)25(22,23)20-12-6-11-19(13-14-20)18(21)24-5-2/h7-10,15H,4-6,11-14H2,1-3H3. The van der Waals surface area contributed by atoms with Gasteiger partial charge in [0.05, 0.1) is 11.5 Å². The first-order valence-corrected chi connectivity index (χ1v) is 10.4. The molecule has 1 aliphatic rings. The molecule has 25 heavy (non-hydrogen) atoms. The van der Waals surface area contributed by atoms with E-state index >= 15 is 0 Å². The first kappa shape index (κ1) is 19.7. The molecule has 0 aliphatic carbocycles. The van der Waals surface area contributed by atoms with E-state index in [1.807, 2.05) is 12.1 Å². The average molecular weight is 368 g/mol. The Balaban J connectivity index is 2.10. The topological polar surface area (TPSA) is 66.9 Å². The van der Waals surface area contributed by atoms with Gasteiger partial charge < -0.3 is 9.64 Å². The molecule has 0 spiro atoms. The van der Waals surface area contributed by atoms with Gasteiger partial charge in [0.1, 0.15) is 0 Å². The summed E-state index contributed by atoms with van der Waals surface area (Å²) in [6.07, 6.45) is 1.24. The maximum absolute atomic E-state index is 12.9. The largest absolute Gasteiger partial charge is 0.450 e. The van der Waals surface area contributed by atoms with Crippen LogP contribution in [0.5, 0.6) is 0 Å². The summed E-state index contributed by atoms with van der Waals surface area (Å²) >= 11 is 0. The summed E-state index contributed by atoms with van der Waals surface area (Å²) in [6, 6.07) is 7.16. The van der Waals surface area contributed by atoms with E-state index in [2.05, 4.69) is 13.8 Å². The van der Waals surface area contributed by atoms with Gasteiger partial charge in [0, 0.05) is 26.2 Å². The second-order valence-corrected chi connectivity index (χ2v) is 8.26. The normalized spacial score (nSPS) is 17.8. The predicted molar refractivity (Wildman–Crippen MR) is 97.1 cm³/mol. The molecule has 0 aromatic heterocycles. The number of nitrogens with zero attached hydrogens (tertiary/aromatic N) is 2. The zero-order chi connectivity index (χ0) is 18.4. The highest BCUT2D eigenvalue weighted by atomic mass is 32.2. The number of benzene rings is 1. The molecule has 1 aliphatic heterocycles. The molecule has 0 radical (unpaired) electrons. The number of hydrogen-bond donors (Lipinski definition) is 0. The van der Waals surface area contributed by atoms with Crippen molar-refractivity contribution in [3.8, 4) is 0 Å². The average Bonchev–Trinajstić information content (AvgIpc) is 2.88. The lowest BCUT2D eigenvalue weighted by molar-refractivity contribution is 0.109. The summed E-state index contributed by atoms with van der Waals surface area (Å²) in [5, 5.41) is 0. The fraction of sp³-hybridized carbons (Fsp3) is 0.611. The van der Waals surface area contributed by atoms with Crippen LogP contribution in [0.15, 0.2) is 29.2 Å². The summed E-state index contributed by atoms with van der Waals surface area (Å²) in [5.41, 5.74) is 1.14. The van der Waals surface area contributed by atoms with Crippen LogP contribution in [0.25, 0.3) is 0 Å². The lowest BCUT2D eigenvalue weighted by Gasteiger charge is -2.21. The van der Waals surface area contributed by atoms with Gasteiger partial charge in [0.2, 0.25) is 10.0 Å². The highest BCUT2D eigenvalue weighted by molar-refractivity contribution is 7.89. The zero-order valence-electron chi connectivity index (χ0n) is 15.3. The van der Waals surface area contributed by atoms with Crippen molar-refractivity contribution < 1.29 is 17.9 Å². The van der Waals surface area contributed by atoms with E-state index in [0.29, 0.717) is 43.5 Å². The quantitative estimate of drug-likeness (QED) is 0.801. The molecule has 2 rings (SSSR count). The van der Waals surface area contributed by atoms with Crippen LogP contribution in [-0.2, 0) is 14.8 Å². The maximum atomic E-state index is 12.9. The fourth-order valence-electron chi connectivity index (χ4n) is 2.88. The molecule has 6 nitrogen and oxygen atoms in total. The van der Waals surface area contributed by atoms with E-state index in [4.69, 9.17) is 4.74 Å². The van der Waals surface area contributed by atoms with Crippen molar-refractivity contribution in [1.82, 2.24) is 9.21 Å². The molecule has 0 saturated carbocycles. The van der Waals surface area contributed by atoms with Gasteiger partial charge in [-0.05, 0) is 43.4 Å². The summed E-state index contributed by atoms with van der Waals surface area (Å²) in [4.78, 5) is 13.7. The van der Waals surface area contributed by atoms with Crippen LogP contribution in [0.3, 0.4) is 0 Å². The van der Waals surface area contributed by atoms with Gasteiger partial charge in [-0.15, -0.1) is 0 Å². The highest BCUT2D eigenvalue weighted by Gasteiger charge is 2.28. The third-order valence-corrected chi connectivity index (χ3v) is 6.59. The second kappa shape index (κ2) is 8.67. The molecule has 1 unspecified atom stereocenters. The molecule has 1 aromatic rings. The maximum Gasteiger partial charge on any atom is 0.409 e. The molecule has 0 N–H and O–H groups in total. The first-order chi connectivity index (χ1) is 11.9. The van der Waals surface area contributed by atoms with E-state index in [1.54, 1.807) is 24.0 Å². The molecule has 1 saturated heterocycles. The number of ether oxygens (including phenoxy) is 1. The van der Waals surface area contributed by atoms with E-state index in [1.165, 1.54) is 4.31 Å². The minimum atomic E-state index is -3.54. The van der Waals surface area contributed by atoms with Crippen molar-refractivity contribution in [3.05, 3.63) is 29.8 Å². The first-order valence-electron chi connectivity index (χ1n) is 8.92. The Morgan fingerprint density at radius 1 is 1.12 bits per heavy atom. The third kappa shape index (κ3) is 4.73. The van der Waals surface area contributed by atoms with Gasteiger partial charge in [-0.1, -0.05) is 26.0 Å². The van der Waals surface area contributed by atoms with E-state index < -0.39 is 10.0 Å². The summed E-state index contributed by atoms with van der Waals surface area (Å²) < 4.78 is 32.2. The van der Waals surface area contributed by atoms with Crippen molar-refractivity contribution >= 4 is 16.1 Å². The van der Waals surface area contributed by atoms with Crippen molar-refractivity contribution in [3.63, 3.8) is 0 Å². The van der Waals surface area contributed by atoms with E-state index in [9.17, 15) is 13.2 Å². The van der Waals surface area contributed by atoms with Crippen LogP contribution in [0, 0.1) is 0 Å². The lowest BCUT2D eigenvalue weighted by Crippen LogP contribution is -2.37. The number of sulfonamides is 1. The Labute approximate surface area is 150 Å². The van der Waals surface area contributed by atoms with Crippen LogP contribution < -0.4 is 0 Å². The fourth-order valence-corrected chi connectivity index (χ4v) is 4.35. The SMILES string of the molecule is CCOC(=O)N1CCCN(S(=O)(=O)c2ccc(C(C)CC)cc2)CC1. The Morgan fingerprint density at radius 3 is 2.40 bits per heavy atom. The minimum Gasteiger partial charge on any atom is -0.450 e. The summed E-state index contributed by atoms with van der Waals surface area (Å²) in [5.74, 6) is 0.410. The van der Waals surface area contributed by atoms with Crippen LogP contribution in [0.2, 0.25) is 0 Å². The van der Waals surface area contributed by atoms with Gasteiger partial charge in [-0.2, -0.15) is 4.31 Å². The van der Waals surface area contributed by atoms with Crippen LogP contribution in [0.1, 0.15) is 45.1 Å². The van der Waals surface area contributed by atoms with Crippen molar-refractivity contribution in [2.75, 3.05) is 32.8 Å². The van der Waals surface area contributed by atoms with Gasteiger partial charge in [-0.25, -0.2) is 13.2 Å². The third-order valence-electron chi connectivity index (χ3n) is 4.68. The monoisotopic (exact) mass is 368 g/mol. The van der Waals surface area contributed by atoms with Crippen molar-refractivity contribution in [2.24, 2.45) is 0 Å². The highest BCUT2D eigenvalue weighted by Crippen LogP contribution is 2.23. The molecule has 0 bridgehead atoms. The number of carbonyl (C=O) groups excluding carboxylic acids is 1. The molecule has 1 amide bonds. The number of carbonyl (C=O) groups is 1. The molecular formula is C18H28N2O4S. The summed E-state index contributed by atoms with van der Waals surface area (Å²) in [7, 11) is -3.54. The van der Waals surface area contributed by atoms with E-state index in [-0.39, 0.29) is 12.6 Å².